The van der Waals surface area contributed by atoms with E-state index in [1.807, 2.05) is 21.0 Å². The third-order valence-corrected chi connectivity index (χ3v) is 2.79. The molecule has 1 aromatic rings. The average Bonchev–Trinajstić information content (AvgIpc) is 2.26. The molecule has 0 radical (unpaired) electrons. The summed E-state index contributed by atoms with van der Waals surface area (Å²) in [6.45, 7) is 5.06. The molecule has 0 fully saturated rings. The van der Waals surface area contributed by atoms with Crippen molar-refractivity contribution >= 4 is 0 Å². The number of nitrogens with zero attached hydrogens (tertiary/aromatic N) is 2. The van der Waals surface area contributed by atoms with Crippen LogP contribution in [0.15, 0.2) is 18.3 Å². The van der Waals surface area contributed by atoms with Crippen LogP contribution in [0.4, 0.5) is 4.39 Å². The van der Waals surface area contributed by atoms with Gasteiger partial charge in [-0.25, -0.2) is 4.39 Å². The fraction of sp³-hybridized carbons (Fsp3) is 0.583. The molecule has 1 N–H and O–H groups in total. The van der Waals surface area contributed by atoms with Crippen molar-refractivity contribution in [3.05, 3.63) is 29.8 Å². The minimum atomic E-state index is -0.294. The van der Waals surface area contributed by atoms with Gasteiger partial charge in [-0.2, -0.15) is 0 Å². The van der Waals surface area contributed by atoms with Crippen molar-refractivity contribution in [2.24, 2.45) is 0 Å². The molecular weight excluding hydrogens is 205 g/mol. The van der Waals surface area contributed by atoms with Crippen molar-refractivity contribution in [3.63, 3.8) is 0 Å². The van der Waals surface area contributed by atoms with E-state index < -0.39 is 0 Å². The SMILES string of the molecule is CC(NCC(C)N(C)C)c1ccc(F)cn1. The van der Waals surface area contributed by atoms with E-state index in [0.29, 0.717) is 6.04 Å². The van der Waals surface area contributed by atoms with Crippen molar-refractivity contribution < 1.29 is 4.39 Å². The molecule has 3 nitrogen and oxygen atoms in total. The minimum absolute atomic E-state index is 0.142. The summed E-state index contributed by atoms with van der Waals surface area (Å²) in [5, 5.41) is 3.37. The molecule has 0 aliphatic heterocycles. The molecule has 0 spiro atoms. The molecule has 0 aliphatic rings. The number of hydrogen-bond donors (Lipinski definition) is 1. The number of likely N-dealkylation sites (N-methyl/N-ethyl adjacent to an activating group) is 1. The first kappa shape index (κ1) is 13.1. The highest BCUT2D eigenvalue weighted by Gasteiger charge is 2.09. The monoisotopic (exact) mass is 225 g/mol. The van der Waals surface area contributed by atoms with E-state index in [2.05, 4.69) is 22.1 Å². The molecule has 0 aliphatic carbocycles. The standard InChI is InChI=1S/C12H20FN3/c1-9(16(3)4)7-14-10(2)12-6-5-11(13)8-15-12/h5-6,8-10,14H,7H2,1-4H3. The van der Waals surface area contributed by atoms with Gasteiger partial charge in [-0.1, -0.05) is 0 Å². The van der Waals surface area contributed by atoms with Crippen LogP contribution in [0.1, 0.15) is 25.6 Å². The zero-order valence-corrected chi connectivity index (χ0v) is 10.4. The molecule has 0 aromatic carbocycles. The van der Waals surface area contributed by atoms with Crippen LogP contribution in [0.5, 0.6) is 0 Å². The summed E-state index contributed by atoms with van der Waals surface area (Å²) in [5.41, 5.74) is 0.868. The predicted molar refractivity (Wildman–Crippen MR) is 63.8 cm³/mol. The van der Waals surface area contributed by atoms with Gasteiger partial charge in [0.05, 0.1) is 11.9 Å². The van der Waals surface area contributed by atoms with Crippen molar-refractivity contribution in [1.82, 2.24) is 15.2 Å². The van der Waals surface area contributed by atoms with E-state index in [1.165, 1.54) is 12.3 Å². The Hall–Kier alpha value is -1.00. The predicted octanol–water partition coefficient (Wildman–Crippen LogP) is 1.82. The molecule has 4 heteroatoms. The number of rotatable bonds is 5. The van der Waals surface area contributed by atoms with E-state index in [0.717, 1.165) is 12.2 Å². The lowest BCUT2D eigenvalue weighted by Gasteiger charge is -2.22. The molecule has 16 heavy (non-hydrogen) atoms. The zero-order valence-electron chi connectivity index (χ0n) is 10.4. The maximum absolute atomic E-state index is 12.7. The maximum atomic E-state index is 12.7. The van der Waals surface area contributed by atoms with Gasteiger partial charge in [0.2, 0.25) is 0 Å². The molecule has 1 heterocycles. The maximum Gasteiger partial charge on any atom is 0.141 e. The van der Waals surface area contributed by atoms with Gasteiger partial charge in [0.25, 0.3) is 0 Å². The van der Waals surface area contributed by atoms with Gasteiger partial charge in [-0.05, 0) is 40.1 Å². The quantitative estimate of drug-likeness (QED) is 0.828. The fourth-order valence-corrected chi connectivity index (χ4v) is 1.28. The number of hydrogen-bond acceptors (Lipinski definition) is 3. The van der Waals surface area contributed by atoms with Crippen LogP contribution >= 0.6 is 0 Å². The molecule has 0 bridgehead atoms. The van der Waals surface area contributed by atoms with Gasteiger partial charge in [-0.3, -0.25) is 4.98 Å². The van der Waals surface area contributed by atoms with E-state index >= 15 is 0 Å². The number of nitrogens with one attached hydrogen (secondary N) is 1. The summed E-state index contributed by atoms with van der Waals surface area (Å²) in [7, 11) is 4.10. The summed E-state index contributed by atoms with van der Waals surface area (Å²) < 4.78 is 12.7. The second kappa shape index (κ2) is 5.92. The molecule has 2 atom stereocenters. The van der Waals surface area contributed by atoms with Gasteiger partial charge in [-0.15, -0.1) is 0 Å². The summed E-state index contributed by atoms with van der Waals surface area (Å²) in [4.78, 5) is 6.20. The van der Waals surface area contributed by atoms with Crippen LogP contribution in [-0.2, 0) is 0 Å². The summed E-state index contributed by atoms with van der Waals surface area (Å²) >= 11 is 0. The van der Waals surface area contributed by atoms with Gasteiger partial charge >= 0.3 is 0 Å². The zero-order chi connectivity index (χ0) is 12.1. The largest absolute Gasteiger partial charge is 0.307 e. The normalized spacial score (nSPS) is 15.1. The number of halogens is 1. The summed E-state index contributed by atoms with van der Waals surface area (Å²) in [6.07, 6.45) is 1.25. The van der Waals surface area contributed by atoms with Crippen LogP contribution in [0.2, 0.25) is 0 Å². The first-order chi connectivity index (χ1) is 7.50. The lowest BCUT2D eigenvalue weighted by Crippen LogP contribution is -2.36. The Labute approximate surface area is 96.7 Å². The molecule has 1 rings (SSSR count). The Morgan fingerprint density at radius 1 is 1.38 bits per heavy atom. The second-order valence-corrected chi connectivity index (χ2v) is 4.34. The summed E-state index contributed by atoms with van der Waals surface area (Å²) in [6, 6.07) is 3.76. The Morgan fingerprint density at radius 2 is 2.06 bits per heavy atom. The van der Waals surface area contributed by atoms with Crippen molar-refractivity contribution in [2.75, 3.05) is 20.6 Å². The van der Waals surface area contributed by atoms with Gasteiger partial charge < -0.3 is 10.2 Å². The van der Waals surface area contributed by atoms with Gasteiger partial charge in [0.15, 0.2) is 0 Å². The van der Waals surface area contributed by atoms with E-state index in [9.17, 15) is 4.39 Å². The van der Waals surface area contributed by atoms with Crippen LogP contribution in [-0.4, -0.2) is 36.6 Å². The van der Waals surface area contributed by atoms with Crippen LogP contribution in [0, 0.1) is 5.82 Å². The first-order valence-corrected chi connectivity index (χ1v) is 5.52. The van der Waals surface area contributed by atoms with Crippen LogP contribution in [0.25, 0.3) is 0 Å². The molecular formula is C12H20FN3. The van der Waals surface area contributed by atoms with Crippen molar-refractivity contribution in [1.29, 1.82) is 0 Å². The van der Waals surface area contributed by atoms with Crippen LogP contribution < -0.4 is 5.32 Å². The molecule has 0 saturated carbocycles. The van der Waals surface area contributed by atoms with Crippen molar-refractivity contribution in [3.8, 4) is 0 Å². The Kier molecular flexibility index (Phi) is 4.83. The van der Waals surface area contributed by atoms with E-state index in [4.69, 9.17) is 0 Å². The van der Waals surface area contributed by atoms with Crippen molar-refractivity contribution in [2.45, 2.75) is 25.9 Å². The van der Waals surface area contributed by atoms with Gasteiger partial charge in [0, 0.05) is 18.6 Å². The fourth-order valence-electron chi connectivity index (χ4n) is 1.28. The number of pyridine rings is 1. The number of aromatic nitrogens is 1. The molecule has 0 saturated heterocycles. The first-order valence-electron chi connectivity index (χ1n) is 5.52. The average molecular weight is 225 g/mol. The van der Waals surface area contributed by atoms with E-state index in [1.54, 1.807) is 6.07 Å². The molecule has 0 amide bonds. The minimum Gasteiger partial charge on any atom is -0.307 e. The highest BCUT2D eigenvalue weighted by molar-refractivity contribution is 5.08. The third-order valence-electron chi connectivity index (χ3n) is 2.79. The Bertz CT molecular complexity index is 311. The van der Waals surface area contributed by atoms with Gasteiger partial charge in [0.1, 0.15) is 5.82 Å². The Balaban J connectivity index is 2.46. The smallest absolute Gasteiger partial charge is 0.141 e. The third kappa shape index (κ3) is 3.87. The lowest BCUT2D eigenvalue weighted by atomic mass is 10.2. The van der Waals surface area contributed by atoms with E-state index in [-0.39, 0.29) is 11.9 Å². The molecule has 1 aromatic heterocycles. The Morgan fingerprint density at radius 3 is 2.56 bits per heavy atom. The highest BCUT2D eigenvalue weighted by atomic mass is 19.1. The molecule has 2 unspecified atom stereocenters. The second-order valence-electron chi connectivity index (χ2n) is 4.34. The molecule has 90 valence electrons. The topological polar surface area (TPSA) is 28.2 Å². The summed E-state index contributed by atoms with van der Waals surface area (Å²) in [5.74, 6) is -0.294. The van der Waals surface area contributed by atoms with Crippen LogP contribution in [0.3, 0.4) is 0 Å². The lowest BCUT2D eigenvalue weighted by molar-refractivity contribution is 0.295. The highest BCUT2D eigenvalue weighted by Crippen LogP contribution is 2.09.